The van der Waals surface area contributed by atoms with Crippen LogP contribution in [0, 0.1) is 0 Å². The highest BCUT2D eigenvalue weighted by Gasteiger charge is 2.50. The lowest BCUT2D eigenvalue weighted by atomic mass is 10.1. The maximum Gasteiger partial charge on any atom is 0.411 e. The third kappa shape index (κ3) is 3.98. The Labute approximate surface area is 146 Å². The van der Waals surface area contributed by atoms with Crippen molar-refractivity contribution in [2.45, 2.75) is 31.7 Å². The molecule has 1 saturated heterocycles. The smallest absolute Gasteiger partial charge is 0.374 e. The van der Waals surface area contributed by atoms with Crippen LogP contribution in [0.15, 0.2) is 29.9 Å². The summed E-state index contributed by atoms with van der Waals surface area (Å²) in [6.45, 7) is 1.35. The van der Waals surface area contributed by atoms with Gasteiger partial charge in [-0.3, -0.25) is 9.78 Å². The van der Waals surface area contributed by atoms with Gasteiger partial charge in [-0.25, -0.2) is 4.98 Å². The minimum atomic E-state index is -4.53. The Hall–Kier alpha value is -2.00. The van der Waals surface area contributed by atoms with E-state index >= 15 is 0 Å². The molecule has 3 rings (SSSR count). The van der Waals surface area contributed by atoms with Gasteiger partial charge in [-0.2, -0.15) is 13.2 Å². The third-order valence-electron chi connectivity index (χ3n) is 3.94. The second kappa shape index (κ2) is 7.09. The maximum atomic E-state index is 13.3. The van der Waals surface area contributed by atoms with E-state index in [-0.39, 0.29) is 19.6 Å². The molecule has 5 nitrogen and oxygen atoms in total. The number of aromatic nitrogens is 2. The second-order valence-electron chi connectivity index (χ2n) is 5.71. The van der Waals surface area contributed by atoms with Gasteiger partial charge in [0.2, 0.25) is 5.91 Å². The van der Waals surface area contributed by atoms with E-state index in [4.69, 9.17) is 4.74 Å². The lowest BCUT2D eigenvalue weighted by Gasteiger charge is -2.40. The zero-order chi connectivity index (χ0) is 18.0. The van der Waals surface area contributed by atoms with Crippen LogP contribution in [0.1, 0.15) is 12.6 Å². The van der Waals surface area contributed by atoms with Crippen molar-refractivity contribution < 1.29 is 22.7 Å². The number of pyridine rings is 1. The van der Waals surface area contributed by atoms with Gasteiger partial charge in [0.1, 0.15) is 5.01 Å². The number of morpholine rings is 1. The summed E-state index contributed by atoms with van der Waals surface area (Å²) in [5.41, 5.74) is 1.26. The number of amides is 1. The summed E-state index contributed by atoms with van der Waals surface area (Å²) in [5, 5.41) is 2.37. The Balaban J connectivity index is 1.74. The van der Waals surface area contributed by atoms with Gasteiger partial charge in [-0.05, 0) is 19.1 Å². The number of rotatable bonds is 3. The summed E-state index contributed by atoms with van der Waals surface area (Å²) in [6, 6.07) is 1.68. The Kier molecular flexibility index (Phi) is 5.05. The topological polar surface area (TPSA) is 55.3 Å². The van der Waals surface area contributed by atoms with Crippen LogP contribution < -0.4 is 0 Å². The SMILES string of the molecule is C[C@@H]1OCCN(C(=O)Cc2csc(-c3cccnc3)n2)[C@@H]1C(F)(F)F. The second-order valence-corrected chi connectivity index (χ2v) is 6.57. The Morgan fingerprint density at radius 3 is 2.96 bits per heavy atom. The molecule has 0 N–H and O–H groups in total. The summed E-state index contributed by atoms with van der Waals surface area (Å²) in [7, 11) is 0. The lowest BCUT2D eigenvalue weighted by Crippen LogP contribution is -2.59. The summed E-state index contributed by atoms with van der Waals surface area (Å²) >= 11 is 1.33. The van der Waals surface area contributed by atoms with Crippen LogP contribution in [-0.2, 0) is 16.0 Å². The number of alkyl halides is 3. The summed E-state index contributed by atoms with van der Waals surface area (Å²) < 4.78 is 44.9. The van der Waals surface area contributed by atoms with E-state index in [2.05, 4.69) is 9.97 Å². The number of carbonyl (C=O) groups excluding carboxylic acids is 1. The quantitative estimate of drug-likeness (QED) is 0.833. The molecule has 25 heavy (non-hydrogen) atoms. The Morgan fingerprint density at radius 1 is 1.48 bits per heavy atom. The van der Waals surface area contributed by atoms with Gasteiger partial charge >= 0.3 is 6.18 Å². The van der Waals surface area contributed by atoms with Gasteiger partial charge in [0.25, 0.3) is 0 Å². The number of hydrogen-bond donors (Lipinski definition) is 0. The molecule has 1 aliphatic rings. The zero-order valence-corrected chi connectivity index (χ0v) is 14.2. The number of ether oxygens (including phenoxy) is 1. The molecule has 1 fully saturated rings. The first-order valence-electron chi connectivity index (χ1n) is 7.69. The van der Waals surface area contributed by atoms with Crippen LogP contribution in [0.5, 0.6) is 0 Å². The predicted molar refractivity (Wildman–Crippen MR) is 86.0 cm³/mol. The molecule has 0 saturated carbocycles. The molecule has 1 aliphatic heterocycles. The van der Waals surface area contributed by atoms with Gasteiger partial charge in [-0.1, -0.05) is 0 Å². The van der Waals surface area contributed by atoms with E-state index < -0.39 is 24.2 Å². The van der Waals surface area contributed by atoms with Crippen molar-refractivity contribution in [1.82, 2.24) is 14.9 Å². The fraction of sp³-hybridized carbons (Fsp3) is 0.438. The normalized spacial score (nSPS) is 21.4. The largest absolute Gasteiger partial charge is 0.411 e. The van der Waals surface area contributed by atoms with Crippen molar-refractivity contribution in [3.63, 3.8) is 0 Å². The third-order valence-corrected chi connectivity index (χ3v) is 4.88. The summed E-state index contributed by atoms with van der Waals surface area (Å²) in [5.74, 6) is -0.597. The summed E-state index contributed by atoms with van der Waals surface area (Å²) in [4.78, 5) is 21.6. The summed E-state index contributed by atoms with van der Waals surface area (Å²) in [6.07, 6.45) is -2.50. The minimum Gasteiger partial charge on any atom is -0.374 e. The van der Waals surface area contributed by atoms with Crippen LogP contribution in [0.25, 0.3) is 10.6 Å². The maximum absolute atomic E-state index is 13.3. The van der Waals surface area contributed by atoms with E-state index in [0.29, 0.717) is 10.7 Å². The van der Waals surface area contributed by atoms with Crippen LogP contribution in [-0.4, -0.2) is 52.2 Å². The number of halogens is 3. The molecule has 1 amide bonds. The average Bonchev–Trinajstić information content (AvgIpc) is 3.02. The fourth-order valence-electron chi connectivity index (χ4n) is 2.81. The predicted octanol–water partition coefficient (Wildman–Crippen LogP) is 2.93. The molecule has 0 aliphatic carbocycles. The molecule has 2 atom stereocenters. The Morgan fingerprint density at radius 2 is 2.28 bits per heavy atom. The van der Waals surface area contributed by atoms with Gasteiger partial charge in [-0.15, -0.1) is 11.3 Å². The fourth-order valence-corrected chi connectivity index (χ4v) is 3.62. The molecule has 0 aromatic carbocycles. The van der Waals surface area contributed by atoms with Crippen molar-refractivity contribution >= 4 is 17.2 Å². The van der Waals surface area contributed by atoms with E-state index in [9.17, 15) is 18.0 Å². The van der Waals surface area contributed by atoms with Crippen molar-refractivity contribution in [2.24, 2.45) is 0 Å². The number of thiazole rings is 1. The van der Waals surface area contributed by atoms with Gasteiger partial charge < -0.3 is 9.64 Å². The molecule has 0 spiro atoms. The van der Waals surface area contributed by atoms with Crippen molar-refractivity contribution in [2.75, 3.05) is 13.2 Å². The molecular formula is C16H16F3N3O2S. The molecule has 3 heterocycles. The van der Waals surface area contributed by atoms with Gasteiger partial charge in [0, 0.05) is 29.9 Å². The van der Waals surface area contributed by atoms with Crippen LogP contribution in [0.2, 0.25) is 0 Å². The van der Waals surface area contributed by atoms with Crippen LogP contribution >= 0.6 is 11.3 Å². The molecule has 134 valence electrons. The standard InChI is InChI=1S/C16H16F3N3O2S/c1-10-14(16(17,18)19)22(5-6-24-10)13(23)7-12-9-25-15(21-12)11-3-2-4-20-8-11/h2-4,8-10,14H,5-7H2,1H3/t10-,14-/m0/s1. The van der Waals surface area contributed by atoms with Crippen molar-refractivity contribution in [3.8, 4) is 10.6 Å². The monoisotopic (exact) mass is 371 g/mol. The van der Waals surface area contributed by atoms with E-state index in [0.717, 1.165) is 10.5 Å². The number of nitrogens with zero attached hydrogens (tertiary/aromatic N) is 3. The lowest BCUT2D eigenvalue weighted by molar-refractivity contribution is -0.229. The van der Waals surface area contributed by atoms with Gasteiger partial charge in [0.05, 0.1) is 24.8 Å². The molecule has 0 radical (unpaired) electrons. The number of hydrogen-bond acceptors (Lipinski definition) is 5. The highest BCUT2D eigenvalue weighted by molar-refractivity contribution is 7.13. The van der Waals surface area contributed by atoms with E-state index in [1.165, 1.54) is 18.3 Å². The highest BCUT2D eigenvalue weighted by atomic mass is 32.1. The van der Waals surface area contributed by atoms with Crippen LogP contribution in [0.3, 0.4) is 0 Å². The van der Waals surface area contributed by atoms with Crippen molar-refractivity contribution in [1.29, 1.82) is 0 Å². The zero-order valence-electron chi connectivity index (χ0n) is 13.4. The molecule has 2 aromatic heterocycles. The molecular weight excluding hydrogens is 355 g/mol. The Bertz CT molecular complexity index is 736. The molecule has 2 aromatic rings. The molecule has 0 unspecified atom stereocenters. The van der Waals surface area contributed by atoms with Gasteiger partial charge in [0.15, 0.2) is 6.04 Å². The average molecular weight is 371 g/mol. The first-order valence-corrected chi connectivity index (χ1v) is 8.57. The van der Waals surface area contributed by atoms with E-state index in [1.54, 1.807) is 23.8 Å². The molecule has 0 bridgehead atoms. The number of carbonyl (C=O) groups is 1. The first-order chi connectivity index (χ1) is 11.9. The van der Waals surface area contributed by atoms with Crippen LogP contribution in [0.4, 0.5) is 13.2 Å². The van der Waals surface area contributed by atoms with Crippen molar-refractivity contribution in [3.05, 3.63) is 35.6 Å². The first kappa shape index (κ1) is 17.8. The minimum absolute atomic E-state index is 0.0764. The highest BCUT2D eigenvalue weighted by Crippen LogP contribution is 2.31. The van der Waals surface area contributed by atoms with E-state index in [1.807, 2.05) is 6.07 Å². The molecule has 9 heteroatoms.